The van der Waals surface area contributed by atoms with Crippen LogP contribution in [0.1, 0.15) is 10.5 Å². The molecule has 0 bridgehead atoms. The number of halogens is 2. The van der Waals surface area contributed by atoms with Gasteiger partial charge in [-0.3, -0.25) is 0 Å². The number of rotatable bonds is 5. The van der Waals surface area contributed by atoms with Crippen molar-refractivity contribution in [2.75, 3.05) is 14.2 Å². The van der Waals surface area contributed by atoms with E-state index in [0.29, 0.717) is 5.69 Å². The van der Waals surface area contributed by atoms with Crippen molar-refractivity contribution < 1.29 is 31.5 Å². The minimum atomic E-state index is -4.56. The third-order valence-electron chi connectivity index (χ3n) is 3.98. The fraction of sp³-hybridized carbons (Fsp3) is 0.111. The zero-order valence-corrected chi connectivity index (χ0v) is 16.0. The molecule has 0 aliphatic rings. The van der Waals surface area contributed by atoms with E-state index in [9.17, 15) is 22.0 Å². The molecule has 3 rings (SSSR count). The smallest absolute Gasteiger partial charge is 0.360 e. The first-order valence-electron chi connectivity index (χ1n) is 8.02. The molecular weight excluding hydrogens is 408 g/mol. The molecule has 2 aromatic carbocycles. The Hall–Kier alpha value is -3.31. The van der Waals surface area contributed by atoms with E-state index in [1.54, 1.807) is 30.3 Å². The van der Waals surface area contributed by atoms with Gasteiger partial charge in [-0.05, 0) is 24.3 Å². The van der Waals surface area contributed by atoms with E-state index in [-0.39, 0.29) is 11.3 Å². The number of esters is 1. The molecule has 0 aliphatic heterocycles. The highest BCUT2D eigenvalue weighted by Gasteiger charge is 2.33. The monoisotopic (exact) mass is 423 g/mol. The van der Waals surface area contributed by atoms with Crippen LogP contribution in [-0.4, -0.2) is 38.4 Å². The van der Waals surface area contributed by atoms with E-state index >= 15 is 0 Å². The van der Waals surface area contributed by atoms with E-state index in [1.165, 1.54) is 0 Å². The number of carbonyl (C=O) groups excluding carboxylic acids is 1. The van der Waals surface area contributed by atoms with Gasteiger partial charge in [0.05, 0.1) is 25.6 Å². The van der Waals surface area contributed by atoms with Crippen molar-refractivity contribution in [2.45, 2.75) is 4.90 Å². The number of nitrogens with zero attached hydrogens (tertiary/aromatic N) is 2. The van der Waals surface area contributed by atoms with Gasteiger partial charge in [0, 0.05) is 5.56 Å². The Morgan fingerprint density at radius 2 is 1.69 bits per heavy atom. The highest BCUT2D eigenvalue weighted by Crippen LogP contribution is 2.35. The summed E-state index contributed by atoms with van der Waals surface area (Å²) in [4.78, 5) is 11.4. The molecule has 0 saturated heterocycles. The van der Waals surface area contributed by atoms with Crippen LogP contribution in [0.4, 0.5) is 8.78 Å². The Morgan fingerprint density at radius 1 is 1.10 bits per heavy atom. The third-order valence-corrected chi connectivity index (χ3v) is 4.94. The van der Waals surface area contributed by atoms with Gasteiger partial charge in [0.15, 0.2) is 23.1 Å². The first kappa shape index (κ1) is 20.4. The Balaban J connectivity index is 2.47. The number of aromatic nitrogens is 2. The maximum absolute atomic E-state index is 14.3. The highest BCUT2D eigenvalue weighted by atomic mass is 32.2. The Bertz CT molecular complexity index is 1170. The van der Waals surface area contributed by atoms with Gasteiger partial charge in [-0.2, -0.15) is 5.10 Å². The van der Waals surface area contributed by atoms with Crippen LogP contribution in [0.25, 0.3) is 16.9 Å². The lowest BCUT2D eigenvalue weighted by Gasteiger charge is -2.11. The molecule has 0 fully saturated rings. The van der Waals surface area contributed by atoms with Gasteiger partial charge in [0.25, 0.3) is 0 Å². The molecule has 3 aromatic rings. The average Bonchev–Trinajstić information content (AvgIpc) is 3.09. The number of benzene rings is 2. The molecule has 0 aliphatic carbocycles. The molecule has 2 N–H and O–H groups in total. The molecule has 11 heteroatoms. The number of hydrogen-bond acceptors (Lipinski definition) is 6. The van der Waals surface area contributed by atoms with Crippen LogP contribution in [0.3, 0.4) is 0 Å². The summed E-state index contributed by atoms with van der Waals surface area (Å²) in [6.07, 6.45) is 0. The quantitative estimate of drug-likeness (QED) is 0.630. The Labute approximate surface area is 164 Å². The second-order valence-electron chi connectivity index (χ2n) is 5.78. The summed E-state index contributed by atoms with van der Waals surface area (Å²) in [6, 6.07) is 9.78. The first-order valence-corrected chi connectivity index (χ1v) is 9.56. The minimum Gasteiger partial charge on any atom is -0.491 e. The lowest BCUT2D eigenvalue weighted by molar-refractivity contribution is 0.0589. The van der Waals surface area contributed by atoms with Crippen LogP contribution >= 0.6 is 0 Å². The molecule has 0 unspecified atom stereocenters. The van der Waals surface area contributed by atoms with E-state index in [2.05, 4.69) is 14.6 Å². The van der Waals surface area contributed by atoms with Crippen LogP contribution in [0, 0.1) is 11.6 Å². The molecule has 0 spiro atoms. The molecule has 29 heavy (non-hydrogen) atoms. The molecule has 1 aromatic heterocycles. The van der Waals surface area contributed by atoms with Gasteiger partial charge in [0.2, 0.25) is 10.0 Å². The molecule has 8 nitrogen and oxygen atoms in total. The van der Waals surface area contributed by atoms with Crippen LogP contribution < -0.4 is 9.88 Å². The van der Waals surface area contributed by atoms with Crippen molar-refractivity contribution in [3.63, 3.8) is 0 Å². The number of ether oxygens (including phenoxy) is 2. The van der Waals surface area contributed by atoms with Gasteiger partial charge >= 0.3 is 5.97 Å². The van der Waals surface area contributed by atoms with Crippen LogP contribution in [0.5, 0.6) is 5.75 Å². The third kappa shape index (κ3) is 3.69. The number of sulfonamides is 1. The summed E-state index contributed by atoms with van der Waals surface area (Å²) in [5.41, 5.74) is -0.833. The predicted molar refractivity (Wildman–Crippen MR) is 98.2 cm³/mol. The second kappa shape index (κ2) is 7.60. The maximum atomic E-state index is 14.3. The minimum absolute atomic E-state index is 0.226. The fourth-order valence-corrected chi connectivity index (χ4v) is 3.67. The summed E-state index contributed by atoms with van der Waals surface area (Å²) in [5, 5.41) is 9.31. The Morgan fingerprint density at radius 3 is 2.17 bits per heavy atom. The number of hydrogen-bond donors (Lipinski definition) is 1. The SMILES string of the molecule is COC(=O)c1nn(-c2ccccc2)c(-c2cc(F)c(OC)c(F)c2)c1S(N)(=O)=O. The van der Waals surface area contributed by atoms with Crippen LogP contribution in [0.2, 0.25) is 0 Å². The number of methoxy groups -OCH3 is 2. The number of primary sulfonamides is 1. The van der Waals surface area contributed by atoms with Gasteiger partial charge < -0.3 is 9.47 Å². The highest BCUT2D eigenvalue weighted by molar-refractivity contribution is 7.89. The van der Waals surface area contributed by atoms with E-state index in [0.717, 1.165) is 31.0 Å². The van der Waals surface area contributed by atoms with E-state index in [1.807, 2.05) is 0 Å². The number of nitrogens with two attached hydrogens (primary N) is 1. The van der Waals surface area contributed by atoms with Crippen molar-refractivity contribution in [2.24, 2.45) is 5.14 Å². The lowest BCUT2D eigenvalue weighted by atomic mass is 10.1. The first-order chi connectivity index (χ1) is 13.7. The average molecular weight is 423 g/mol. The molecule has 0 atom stereocenters. The van der Waals surface area contributed by atoms with Crippen molar-refractivity contribution in [1.82, 2.24) is 9.78 Å². The van der Waals surface area contributed by atoms with Gasteiger partial charge in [-0.25, -0.2) is 31.8 Å². The van der Waals surface area contributed by atoms with Crippen molar-refractivity contribution >= 4 is 16.0 Å². The van der Waals surface area contributed by atoms with Gasteiger partial charge in [0.1, 0.15) is 4.90 Å². The Kier molecular flexibility index (Phi) is 5.36. The van der Waals surface area contributed by atoms with Crippen molar-refractivity contribution in [3.8, 4) is 22.7 Å². The summed E-state index contributed by atoms with van der Waals surface area (Å²) >= 11 is 0. The zero-order valence-electron chi connectivity index (χ0n) is 15.2. The van der Waals surface area contributed by atoms with Gasteiger partial charge in [-0.1, -0.05) is 18.2 Å². The fourth-order valence-electron chi connectivity index (χ4n) is 2.80. The van der Waals surface area contributed by atoms with Crippen LogP contribution in [0.15, 0.2) is 47.4 Å². The topological polar surface area (TPSA) is 114 Å². The number of carbonyl (C=O) groups is 1. The molecule has 0 saturated carbocycles. The zero-order chi connectivity index (χ0) is 21.3. The largest absolute Gasteiger partial charge is 0.491 e. The summed E-state index contributed by atoms with van der Waals surface area (Å²) in [7, 11) is -2.44. The molecule has 1 heterocycles. The molecule has 152 valence electrons. The number of para-hydroxylation sites is 1. The maximum Gasteiger partial charge on any atom is 0.360 e. The summed E-state index contributed by atoms with van der Waals surface area (Å²) < 4.78 is 63.6. The van der Waals surface area contributed by atoms with Gasteiger partial charge in [-0.15, -0.1) is 0 Å². The van der Waals surface area contributed by atoms with Crippen molar-refractivity contribution in [3.05, 3.63) is 59.8 Å². The normalized spacial score (nSPS) is 11.3. The van der Waals surface area contributed by atoms with E-state index in [4.69, 9.17) is 5.14 Å². The molecule has 0 amide bonds. The molecular formula is C18H15F2N3O5S. The summed E-state index contributed by atoms with van der Waals surface area (Å²) in [6.45, 7) is 0. The van der Waals surface area contributed by atoms with E-state index < -0.39 is 44.0 Å². The van der Waals surface area contributed by atoms with Crippen LogP contribution in [-0.2, 0) is 14.8 Å². The second-order valence-corrected chi connectivity index (χ2v) is 7.28. The lowest BCUT2D eigenvalue weighted by Crippen LogP contribution is -2.17. The standard InChI is InChI=1S/C18H15F2N3O5S/c1-27-16-12(19)8-10(9-13(16)20)15-17(29(21,25)26)14(18(24)28-2)22-23(15)11-6-4-3-5-7-11/h3-9H,1-2H3,(H2,21,25,26). The predicted octanol–water partition coefficient (Wildman–Crippen LogP) is 2.26. The molecule has 0 radical (unpaired) electrons. The van der Waals surface area contributed by atoms with Crippen molar-refractivity contribution in [1.29, 1.82) is 0 Å². The summed E-state index contributed by atoms with van der Waals surface area (Å²) in [5.74, 6) is -3.89.